The second-order valence-corrected chi connectivity index (χ2v) is 4.59. The molecule has 0 atom stereocenters. The first kappa shape index (κ1) is 13.0. The Labute approximate surface area is 92.1 Å². The fourth-order valence-corrected chi connectivity index (χ4v) is 1.56. The number of pyridine rings is 1. The van der Waals surface area contributed by atoms with E-state index < -0.39 is 23.8 Å². The second-order valence-electron chi connectivity index (χ2n) is 4.59. The van der Waals surface area contributed by atoms with Crippen LogP contribution in [0.3, 0.4) is 0 Å². The number of aromatic nitrogens is 1. The van der Waals surface area contributed by atoms with E-state index in [1.807, 2.05) is 0 Å². The number of halogens is 3. The smallest absolute Gasteiger partial charge is 0.392 e. The van der Waals surface area contributed by atoms with Crippen LogP contribution in [0, 0.1) is 0 Å². The van der Waals surface area contributed by atoms with Gasteiger partial charge in [-0.25, -0.2) is 0 Å². The van der Waals surface area contributed by atoms with Crippen molar-refractivity contribution in [1.82, 2.24) is 4.98 Å². The molecular formula is C11H14F3NO. The SMILES string of the molecule is CC(C)(C)c1nccc(C(F)(F)F)c1CO. The van der Waals surface area contributed by atoms with Gasteiger partial charge in [-0.15, -0.1) is 0 Å². The Balaban J connectivity index is 3.45. The van der Waals surface area contributed by atoms with Crippen LogP contribution in [0.15, 0.2) is 12.3 Å². The molecule has 0 aromatic carbocycles. The maximum Gasteiger partial charge on any atom is 0.416 e. The van der Waals surface area contributed by atoms with Gasteiger partial charge in [-0.1, -0.05) is 20.8 Å². The number of aliphatic hydroxyl groups excluding tert-OH is 1. The molecule has 16 heavy (non-hydrogen) atoms. The number of hydrogen-bond donors (Lipinski definition) is 1. The van der Waals surface area contributed by atoms with E-state index in [0.717, 1.165) is 12.3 Å². The van der Waals surface area contributed by atoms with Gasteiger partial charge in [0, 0.05) is 17.2 Å². The molecule has 0 radical (unpaired) electrons. The standard InChI is InChI=1S/C11H14F3NO/c1-10(2,3)9-7(6-16)8(4-5-15-9)11(12,13)14/h4-5,16H,6H2,1-3H3. The molecule has 0 aliphatic heterocycles. The van der Waals surface area contributed by atoms with Crippen molar-refractivity contribution in [2.75, 3.05) is 0 Å². The Morgan fingerprint density at radius 3 is 2.19 bits per heavy atom. The van der Waals surface area contributed by atoms with Crippen molar-refractivity contribution < 1.29 is 18.3 Å². The van der Waals surface area contributed by atoms with Gasteiger partial charge >= 0.3 is 6.18 Å². The fourth-order valence-electron chi connectivity index (χ4n) is 1.56. The molecule has 0 bridgehead atoms. The number of hydrogen-bond acceptors (Lipinski definition) is 2. The van der Waals surface area contributed by atoms with Crippen molar-refractivity contribution in [3.8, 4) is 0 Å². The highest BCUT2D eigenvalue weighted by Gasteiger charge is 2.35. The normalized spacial score (nSPS) is 12.9. The van der Waals surface area contributed by atoms with Gasteiger partial charge in [0.2, 0.25) is 0 Å². The summed E-state index contributed by atoms with van der Waals surface area (Å²) in [5.41, 5.74) is -1.19. The first-order chi connectivity index (χ1) is 7.18. The second kappa shape index (κ2) is 4.05. The maximum absolute atomic E-state index is 12.7. The van der Waals surface area contributed by atoms with Crippen LogP contribution >= 0.6 is 0 Å². The summed E-state index contributed by atoms with van der Waals surface area (Å²) in [6, 6.07) is 0.890. The van der Waals surface area contributed by atoms with Gasteiger partial charge in [0.25, 0.3) is 0 Å². The molecule has 1 heterocycles. The summed E-state index contributed by atoms with van der Waals surface area (Å²) in [6.45, 7) is 4.62. The van der Waals surface area contributed by atoms with Gasteiger partial charge in [0.05, 0.1) is 17.9 Å². The molecule has 0 spiro atoms. The molecule has 1 aromatic rings. The van der Waals surface area contributed by atoms with Gasteiger partial charge < -0.3 is 5.11 Å². The first-order valence-corrected chi connectivity index (χ1v) is 4.84. The molecule has 1 N–H and O–H groups in total. The first-order valence-electron chi connectivity index (χ1n) is 4.84. The summed E-state index contributed by atoms with van der Waals surface area (Å²) in [5, 5.41) is 9.09. The highest BCUT2D eigenvalue weighted by Crippen LogP contribution is 2.35. The third-order valence-corrected chi connectivity index (χ3v) is 2.23. The topological polar surface area (TPSA) is 33.1 Å². The Hall–Kier alpha value is -1.10. The predicted octanol–water partition coefficient (Wildman–Crippen LogP) is 2.89. The molecule has 0 fully saturated rings. The van der Waals surface area contributed by atoms with Crippen molar-refractivity contribution in [3.05, 3.63) is 29.1 Å². The van der Waals surface area contributed by atoms with Gasteiger partial charge in [0.1, 0.15) is 0 Å². The number of alkyl halides is 3. The average Bonchev–Trinajstić information content (AvgIpc) is 2.13. The lowest BCUT2D eigenvalue weighted by Crippen LogP contribution is -2.20. The lowest BCUT2D eigenvalue weighted by molar-refractivity contribution is -0.138. The van der Waals surface area contributed by atoms with Gasteiger partial charge in [-0.2, -0.15) is 13.2 Å². The zero-order valence-electron chi connectivity index (χ0n) is 9.39. The third kappa shape index (κ3) is 2.52. The van der Waals surface area contributed by atoms with Crippen molar-refractivity contribution >= 4 is 0 Å². The van der Waals surface area contributed by atoms with Crippen molar-refractivity contribution in [3.63, 3.8) is 0 Å². The Morgan fingerprint density at radius 2 is 1.81 bits per heavy atom. The summed E-state index contributed by atoms with van der Waals surface area (Å²) in [7, 11) is 0. The molecule has 5 heteroatoms. The van der Waals surface area contributed by atoms with Crippen LogP contribution < -0.4 is 0 Å². The van der Waals surface area contributed by atoms with Gasteiger partial charge in [-0.3, -0.25) is 4.98 Å². The average molecular weight is 233 g/mol. The van der Waals surface area contributed by atoms with Crippen LogP contribution in [0.5, 0.6) is 0 Å². The lowest BCUT2D eigenvalue weighted by Gasteiger charge is -2.23. The Morgan fingerprint density at radius 1 is 1.25 bits per heavy atom. The summed E-state index contributed by atoms with van der Waals surface area (Å²) >= 11 is 0. The molecule has 2 nitrogen and oxygen atoms in total. The third-order valence-electron chi connectivity index (χ3n) is 2.23. The molecule has 0 amide bonds. The lowest BCUT2D eigenvalue weighted by atomic mass is 9.87. The van der Waals surface area contributed by atoms with Crippen LogP contribution in [0.25, 0.3) is 0 Å². The van der Waals surface area contributed by atoms with Crippen molar-refractivity contribution in [1.29, 1.82) is 0 Å². The van der Waals surface area contributed by atoms with Crippen LogP contribution in [-0.2, 0) is 18.2 Å². The van der Waals surface area contributed by atoms with Crippen molar-refractivity contribution in [2.24, 2.45) is 0 Å². The molecular weight excluding hydrogens is 219 g/mol. The van der Waals surface area contributed by atoms with E-state index in [4.69, 9.17) is 5.11 Å². The van der Waals surface area contributed by atoms with Gasteiger partial charge in [-0.05, 0) is 6.07 Å². The molecule has 0 saturated heterocycles. The molecule has 0 unspecified atom stereocenters. The fraction of sp³-hybridized carbons (Fsp3) is 0.545. The van der Waals surface area contributed by atoms with Crippen LogP contribution in [0.2, 0.25) is 0 Å². The van der Waals surface area contributed by atoms with Crippen LogP contribution in [0.1, 0.15) is 37.6 Å². The van der Waals surface area contributed by atoms with E-state index in [1.165, 1.54) is 0 Å². The Kier molecular flexibility index (Phi) is 3.28. The number of aliphatic hydroxyl groups is 1. The number of rotatable bonds is 1. The molecule has 1 aromatic heterocycles. The van der Waals surface area contributed by atoms with Crippen LogP contribution in [0.4, 0.5) is 13.2 Å². The van der Waals surface area contributed by atoms with E-state index >= 15 is 0 Å². The van der Waals surface area contributed by atoms with Crippen LogP contribution in [-0.4, -0.2) is 10.1 Å². The molecule has 0 saturated carbocycles. The molecule has 0 aliphatic carbocycles. The van der Waals surface area contributed by atoms with E-state index in [9.17, 15) is 13.2 Å². The maximum atomic E-state index is 12.7. The highest BCUT2D eigenvalue weighted by atomic mass is 19.4. The summed E-state index contributed by atoms with van der Waals surface area (Å²) < 4.78 is 38.0. The monoisotopic (exact) mass is 233 g/mol. The van der Waals surface area contributed by atoms with Gasteiger partial charge in [0.15, 0.2) is 0 Å². The highest BCUT2D eigenvalue weighted by molar-refractivity contribution is 5.35. The van der Waals surface area contributed by atoms with E-state index in [-0.39, 0.29) is 11.3 Å². The molecule has 0 aliphatic rings. The minimum Gasteiger partial charge on any atom is -0.392 e. The summed E-state index contributed by atoms with van der Waals surface area (Å²) in [6.07, 6.45) is -3.33. The minimum absolute atomic E-state index is 0.137. The number of nitrogens with zero attached hydrogens (tertiary/aromatic N) is 1. The molecule has 1 rings (SSSR count). The summed E-state index contributed by atoms with van der Waals surface area (Å²) in [4.78, 5) is 3.93. The Bertz CT molecular complexity index is 348. The molecule has 90 valence electrons. The zero-order valence-corrected chi connectivity index (χ0v) is 9.39. The summed E-state index contributed by atoms with van der Waals surface area (Å²) in [5.74, 6) is 0. The largest absolute Gasteiger partial charge is 0.416 e. The predicted molar refractivity (Wildman–Crippen MR) is 53.9 cm³/mol. The zero-order chi connectivity index (χ0) is 12.6. The quantitative estimate of drug-likeness (QED) is 0.809. The van der Waals surface area contributed by atoms with E-state index in [0.29, 0.717) is 0 Å². The van der Waals surface area contributed by atoms with Crippen molar-refractivity contribution in [2.45, 2.75) is 39.0 Å². The van der Waals surface area contributed by atoms with E-state index in [2.05, 4.69) is 4.98 Å². The minimum atomic E-state index is -4.46. The van der Waals surface area contributed by atoms with E-state index in [1.54, 1.807) is 20.8 Å².